The quantitative estimate of drug-likeness (QED) is 0.431. The Bertz CT molecular complexity index is 850. The maximum atomic E-state index is 13.0. The molecule has 0 saturated carbocycles. The van der Waals surface area contributed by atoms with Crippen molar-refractivity contribution in [3.63, 3.8) is 0 Å². The summed E-state index contributed by atoms with van der Waals surface area (Å²) in [6.07, 6.45) is 2.45. The number of carbonyl (C=O) groups is 2. The Morgan fingerprint density at radius 1 is 0.880 bits per heavy atom. The van der Waals surface area contributed by atoms with Crippen molar-refractivity contribution < 1.29 is 14.7 Å². The molecule has 3 rings (SSSR count). The average molecular weight is 341 g/mol. The van der Waals surface area contributed by atoms with E-state index in [1.165, 1.54) is 6.20 Å². The van der Waals surface area contributed by atoms with Crippen LogP contribution >= 0.6 is 0 Å². The lowest BCUT2D eigenvalue weighted by molar-refractivity contribution is 0.0977. The van der Waals surface area contributed by atoms with E-state index >= 15 is 0 Å². The number of hydrogen-bond acceptors (Lipinski definition) is 8. The molecule has 2 aromatic rings. The number of aromatic nitrogens is 1. The number of nitrogens with one attached hydrogen (secondary N) is 2. The SMILES string of the molecule is NCCNc1ccc(NCCN)c2c1C(=O)c1cncc(O)c1C2=O. The standard InChI is InChI=1S/C17H19N5O3/c18-3-5-21-10-1-2-11(22-6-4-19)15-14(10)16(24)9-7-20-8-12(23)13(9)17(15)25/h1-2,7-8,21-23H,3-6,18-19H2. The molecule has 0 atom stereocenters. The number of rotatable bonds is 6. The molecule has 0 aliphatic heterocycles. The molecule has 1 heterocycles. The first-order valence-electron chi connectivity index (χ1n) is 7.91. The van der Waals surface area contributed by atoms with Gasteiger partial charge in [-0.1, -0.05) is 0 Å². The normalized spacial score (nSPS) is 12.6. The molecule has 1 aliphatic rings. The molecular weight excluding hydrogens is 322 g/mol. The molecule has 130 valence electrons. The van der Waals surface area contributed by atoms with Gasteiger partial charge in [0.15, 0.2) is 5.78 Å². The van der Waals surface area contributed by atoms with Crippen LogP contribution in [-0.4, -0.2) is 47.8 Å². The number of ketones is 2. The lowest BCUT2D eigenvalue weighted by Crippen LogP contribution is -2.26. The van der Waals surface area contributed by atoms with Gasteiger partial charge in [-0.2, -0.15) is 0 Å². The van der Waals surface area contributed by atoms with Gasteiger partial charge in [0.2, 0.25) is 5.78 Å². The molecule has 0 fully saturated rings. The third-order valence-corrected chi connectivity index (χ3v) is 3.98. The molecule has 8 nitrogen and oxygen atoms in total. The van der Waals surface area contributed by atoms with E-state index in [1.807, 2.05) is 0 Å². The zero-order valence-corrected chi connectivity index (χ0v) is 13.5. The third kappa shape index (κ3) is 2.81. The highest BCUT2D eigenvalue weighted by molar-refractivity contribution is 6.32. The highest BCUT2D eigenvalue weighted by Crippen LogP contribution is 2.38. The number of aromatic hydroxyl groups is 1. The van der Waals surface area contributed by atoms with Gasteiger partial charge in [0.25, 0.3) is 0 Å². The van der Waals surface area contributed by atoms with Gasteiger partial charge in [-0.25, -0.2) is 0 Å². The zero-order valence-electron chi connectivity index (χ0n) is 13.5. The Kier molecular flexibility index (Phi) is 4.64. The summed E-state index contributed by atoms with van der Waals surface area (Å²) in [5, 5.41) is 16.2. The fourth-order valence-electron chi connectivity index (χ4n) is 2.90. The maximum Gasteiger partial charge on any atom is 0.200 e. The van der Waals surface area contributed by atoms with Crippen molar-refractivity contribution in [1.29, 1.82) is 0 Å². The van der Waals surface area contributed by atoms with E-state index in [-0.39, 0.29) is 33.8 Å². The number of fused-ring (bicyclic) bond motifs is 2. The van der Waals surface area contributed by atoms with Crippen LogP contribution in [0.15, 0.2) is 24.5 Å². The van der Waals surface area contributed by atoms with Gasteiger partial charge < -0.3 is 27.2 Å². The Morgan fingerprint density at radius 3 is 2.00 bits per heavy atom. The van der Waals surface area contributed by atoms with Crippen LogP contribution in [-0.2, 0) is 0 Å². The van der Waals surface area contributed by atoms with Crippen molar-refractivity contribution in [2.24, 2.45) is 11.5 Å². The van der Waals surface area contributed by atoms with E-state index in [4.69, 9.17) is 11.5 Å². The average Bonchev–Trinajstić information content (AvgIpc) is 2.62. The van der Waals surface area contributed by atoms with Crippen molar-refractivity contribution in [2.45, 2.75) is 0 Å². The van der Waals surface area contributed by atoms with Gasteiger partial charge in [-0.3, -0.25) is 14.6 Å². The number of nitrogens with two attached hydrogens (primary N) is 2. The van der Waals surface area contributed by atoms with E-state index in [1.54, 1.807) is 12.1 Å². The minimum absolute atomic E-state index is 0.0285. The van der Waals surface area contributed by atoms with Gasteiger partial charge in [0.05, 0.1) is 28.5 Å². The minimum atomic E-state index is -0.430. The molecule has 1 aromatic heterocycles. The molecule has 0 radical (unpaired) electrons. The van der Waals surface area contributed by atoms with Gasteiger partial charge in [0, 0.05) is 43.8 Å². The van der Waals surface area contributed by atoms with Crippen LogP contribution in [0, 0.1) is 0 Å². The summed E-state index contributed by atoms with van der Waals surface area (Å²) in [5.41, 5.74) is 12.6. The highest BCUT2D eigenvalue weighted by atomic mass is 16.3. The Labute approximate surface area is 144 Å². The first-order chi connectivity index (χ1) is 12.1. The van der Waals surface area contributed by atoms with Gasteiger partial charge >= 0.3 is 0 Å². The molecular formula is C17H19N5O3. The van der Waals surface area contributed by atoms with E-state index in [0.29, 0.717) is 37.6 Å². The number of benzene rings is 1. The van der Waals surface area contributed by atoms with Crippen LogP contribution in [0.1, 0.15) is 31.8 Å². The second-order valence-electron chi connectivity index (χ2n) is 5.58. The molecule has 25 heavy (non-hydrogen) atoms. The first-order valence-corrected chi connectivity index (χ1v) is 7.91. The summed E-state index contributed by atoms with van der Waals surface area (Å²) in [6.45, 7) is 1.65. The number of anilines is 2. The summed E-state index contributed by atoms with van der Waals surface area (Å²) in [4.78, 5) is 29.8. The number of hydrogen-bond donors (Lipinski definition) is 5. The summed E-state index contributed by atoms with van der Waals surface area (Å²) in [6, 6.07) is 3.43. The van der Waals surface area contributed by atoms with Crippen LogP contribution in [0.4, 0.5) is 11.4 Å². The molecule has 0 amide bonds. The molecule has 0 spiro atoms. The second-order valence-corrected chi connectivity index (χ2v) is 5.58. The van der Waals surface area contributed by atoms with Crippen LogP contribution < -0.4 is 22.1 Å². The zero-order chi connectivity index (χ0) is 18.0. The minimum Gasteiger partial charge on any atom is -0.506 e. The van der Waals surface area contributed by atoms with Crippen LogP contribution in [0.3, 0.4) is 0 Å². The topological polar surface area (TPSA) is 143 Å². The second kappa shape index (κ2) is 6.88. The third-order valence-electron chi connectivity index (χ3n) is 3.98. The summed E-state index contributed by atoms with van der Waals surface area (Å²) >= 11 is 0. The molecule has 7 N–H and O–H groups in total. The summed E-state index contributed by atoms with van der Waals surface area (Å²) in [5.74, 6) is -1.11. The van der Waals surface area contributed by atoms with Gasteiger partial charge in [0.1, 0.15) is 5.75 Å². The lowest BCUT2D eigenvalue weighted by Gasteiger charge is -2.24. The summed E-state index contributed by atoms with van der Waals surface area (Å²) in [7, 11) is 0. The van der Waals surface area contributed by atoms with Crippen LogP contribution in [0.25, 0.3) is 0 Å². The molecule has 8 heteroatoms. The summed E-state index contributed by atoms with van der Waals surface area (Å²) < 4.78 is 0. The molecule has 0 bridgehead atoms. The van der Waals surface area contributed by atoms with Crippen LogP contribution in [0.2, 0.25) is 0 Å². The number of carbonyl (C=O) groups excluding carboxylic acids is 2. The Hall–Kier alpha value is -2.97. The largest absolute Gasteiger partial charge is 0.506 e. The molecule has 1 aromatic carbocycles. The van der Waals surface area contributed by atoms with Crippen molar-refractivity contribution in [3.05, 3.63) is 46.8 Å². The van der Waals surface area contributed by atoms with E-state index in [0.717, 1.165) is 6.20 Å². The monoisotopic (exact) mass is 341 g/mol. The number of nitrogens with zero attached hydrogens (tertiary/aromatic N) is 1. The van der Waals surface area contributed by atoms with Gasteiger partial charge in [-0.15, -0.1) is 0 Å². The Morgan fingerprint density at radius 2 is 1.44 bits per heavy atom. The predicted octanol–water partition coefficient (Wildman–Crippen LogP) is 0.304. The van der Waals surface area contributed by atoms with E-state index in [2.05, 4.69) is 15.6 Å². The Balaban J connectivity index is 2.22. The van der Waals surface area contributed by atoms with Crippen molar-refractivity contribution >= 4 is 22.9 Å². The van der Waals surface area contributed by atoms with Crippen molar-refractivity contribution in [2.75, 3.05) is 36.8 Å². The van der Waals surface area contributed by atoms with Crippen molar-refractivity contribution in [1.82, 2.24) is 4.98 Å². The highest BCUT2D eigenvalue weighted by Gasteiger charge is 2.36. The first kappa shape index (κ1) is 16.9. The van der Waals surface area contributed by atoms with E-state index < -0.39 is 5.78 Å². The lowest BCUT2D eigenvalue weighted by atomic mass is 9.82. The van der Waals surface area contributed by atoms with E-state index in [9.17, 15) is 14.7 Å². The fraction of sp³-hybridized carbons (Fsp3) is 0.235. The predicted molar refractivity (Wildman–Crippen MR) is 94.3 cm³/mol. The maximum absolute atomic E-state index is 13.0. The fourth-order valence-corrected chi connectivity index (χ4v) is 2.90. The number of pyridine rings is 1. The molecule has 0 saturated heterocycles. The smallest absolute Gasteiger partial charge is 0.200 e. The van der Waals surface area contributed by atoms with Crippen molar-refractivity contribution in [3.8, 4) is 5.75 Å². The molecule has 1 aliphatic carbocycles. The molecule has 0 unspecified atom stereocenters. The van der Waals surface area contributed by atoms with Gasteiger partial charge in [-0.05, 0) is 12.1 Å². The van der Waals surface area contributed by atoms with Crippen LogP contribution in [0.5, 0.6) is 5.75 Å².